The summed E-state index contributed by atoms with van der Waals surface area (Å²) < 4.78 is 0. The minimum absolute atomic E-state index is 0.211. The van der Waals surface area contributed by atoms with Crippen molar-refractivity contribution in [2.24, 2.45) is 5.92 Å². The highest BCUT2D eigenvalue weighted by molar-refractivity contribution is 5.20. The molecular formula is C7H12N4O2. The summed E-state index contributed by atoms with van der Waals surface area (Å²) in [5.74, 6) is 0.632. The number of rotatable bonds is 3. The molecule has 0 saturated heterocycles. The Morgan fingerprint density at radius 3 is 2.62 bits per heavy atom. The van der Waals surface area contributed by atoms with Gasteiger partial charge in [0.1, 0.15) is 0 Å². The Morgan fingerprint density at radius 2 is 2.08 bits per heavy atom. The smallest absolute Gasteiger partial charge is 0.352 e. The van der Waals surface area contributed by atoms with Crippen molar-refractivity contribution in [1.29, 1.82) is 0 Å². The summed E-state index contributed by atoms with van der Waals surface area (Å²) in [6.45, 7) is 4.68. The molecule has 1 aromatic heterocycles. The van der Waals surface area contributed by atoms with Crippen molar-refractivity contribution in [3.63, 3.8) is 0 Å². The van der Waals surface area contributed by atoms with Crippen LogP contribution >= 0.6 is 0 Å². The van der Waals surface area contributed by atoms with E-state index in [1.54, 1.807) is 0 Å². The maximum absolute atomic E-state index is 10.8. The molecule has 0 aromatic carbocycles. The predicted molar refractivity (Wildman–Crippen MR) is 48.8 cm³/mol. The van der Waals surface area contributed by atoms with Crippen LogP contribution in [0.15, 0.2) is 9.59 Å². The number of aromatic nitrogens is 3. The Balaban J connectivity index is 2.78. The molecule has 0 aliphatic rings. The lowest BCUT2D eigenvalue weighted by Crippen LogP contribution is -2.27. The van der Waals surface area contributed by atoms with Crippen LogP contribution in [-0.2, 0) is 0 Å². The topological polar surface area (TPSA) is 90.6 Å². The lowest BCUT2D eigenvalue weighted by atomic mass is 10.2. The molecule has 0 unspecified atom stereocenters. The molecule has 6 nitrogen and oxygen atoms in total. The Kier molecular flexibility index (Phi) is 2.84. The van der Waals surface area contributed by atoms with Crippen LogP contribution in [0.5, 0.6) is 0 Å². The lowest BCUT2D eigenvalue weighted by Gasteiger charge is -2.05. The number of H-pyrrole nitrogens is 2. The van der Waals surface area contributed by atoms with Gasteiger partial charge < -0.3 is 5.32 Å². The second-order valence-electron chi connectivity index (χ2n) is 3.12. The first-order chi connectivity index (χ1) is 6.08. The van der Waals surface area contributed by atoms with Crippen LogP contribution < -0.4 is 16.7 Å². The summed E-state index contributed by atoms with van der Waals surface area (Å²) in [5.41, 5.74) is -1.19. The molecule has 0 aliphatic heterocycles. The summed E-state index contributed by atoms with van der Waals surface area (Å²) in [6.07, 6.45) is 0. The van der Waals surface area contributed by atoms with E-state index in [2.05, 4.69) is 15.3 Å². The fraction of sp³-hybridized carbons (Fsp3) is 0.571. The van der Waals surface area contributed by atoms with Crippen LogP contribution in [-0.4, -0.2) is 21.5 Å². The first-order valence-corrected chi connectivity index (χ1v) is 4.02. The van der Waals surface area contributed by atoms with E-state index < -0.39 is 11.4 Å². The monoisotopic (exact) mass is 184 g/mol. The quantitative estimate of drug-likeness (QED) is 0.592. The van der Waals surface area contributed by atoms with Gasteiger partial charge in [0.05, 0.1) is 0 Å². The van der Waals surface area contributed by atoms with Crippen molar-refractivity contribution in [3.8, 4) is 0 Å². The number of hydrogen-bond donors (Lipinski definition) is 3. The minimum Gasteiger partial charge on any atom is -0.355 e. The normalized spacial score (nSPS) is 10.4. The zero-order chi connectivity index (χ0) is 9.84. The molecule has 0 aliphatic carbocycles. The predicted octanol–water partition coefficient (Wildman–Crippen LogP) is -0.474. The molecule has 0 bridgehead atoms. The van der Waals surface area contributed by atoms with Crippen LogP contribution in [0.25, 0.3) is 0 Å². The third-order valence-electron chi connectivity index (χ3n) is 1.34. The Morgan fingerprint density at radius 1 is 1.38 bits per heavy atom. The van der Waals surface area contributed by atoms with Gasteiger partial charge in [-0.2, -0.15) is 4.98 Å². The van der Waals surface area contributed by atoms with Gasteiger partial charge in [-0.1, -0.05) is 13.8 Å². The molecule has 72 valence electrons. The summed E-state index contributed by atoms with van der Waals surface area (Å²) in [5, 5.41) is 2.84. The van der Waals surface area contributed by atoms with E-state index in [1.807, 2.05) is 18.8 Å². The number of anilines is 1. The van der Waals surface area contributed by atoms with E-state index in [1.165, 1.54) is 0 Å². The maximum Gasteiger partial charge on any atom is 0.352 e. The van der Waals surface area contributed by atoms with Gasteiger partial charge in [-0.3, -0.25) is 9.97 Å². The van der Waals surface area contributed by atoms with Gasteiger partial charge in [-0.15, -0.1) is 0 Å². The summed E-state index contributed by atoms with van der Waals surface area (Å²) in [6, 6.07) is 0. The van der Waals surface area contributed by atoms with Crippen molar-refractivity contribution in [2.45, 2.75) is 13.8 Å². The van der Waals surface area contributed by atoms with Crippen LogP contribution in [0.1, 0.15) is 13.8 Å². The van der Waals surface area contributed by atoms with E-state index in [9.17, 15) is 9.59 Å². The second-order valence-corrected chi connectivity index (χ2v) is 3.12. The van der Waals surface area contributed by atoms with E-state index in [0.29, 0.717) is 12.5 Å². The van der Waals surface area contributed by atoms with Crippen LogP contribution in [0.2, 0.25) is 0 Å². The highest BCUT2D eigenvalue weighted by Crippen LogP contribution is 1.93. The molecule has 0 atom stereocenters. The Hall–Kier alpha value is -1.59. The molecule has 3 N–H and O–H groups in total. The number of aromatic amines is 2. The zero-order valence-electron chi connectivity index (χ0n) is 7.55. The molecule has 0 radical (unpaired) electrons. The second kappa shape index (κ2) is 3.88. The highest BCUT2D eigenvalue weighted by Gasteiger charge is 1.98. The number of nitrogens with zero attached hydrogens (tertiary/aromatic N) is 1. The molecule has 6 heteroatoms. The fourth-order valence-corrected chi connectivity index (χ4v) is 0.778. The first-order valence-electron chi connectivity index (χ1n) is 4.02. The zero-order valence-corrected chi connectivity index (χ0v) is 7.55. The van der Waals surface area contributed by atoms with Gasteiger partial charge in [-0.25, -0.2) is 9.59 Å². The Bertz CT molecular complexity index is 350. The minimum atomic E-state index is -0.644. The highest BCUT2D eigenvalue weighted by atomic mass is 16.2. The largest absolute Gasteiger partial charge is 0.355 e. The maximum atomic E-state index is 10.8. The average Bonchev–Trinajstić information content (AvgIpc) is 1.99. The fourth-order valence-electron chi connectivity index (χ4n) is 0.778. The van der Waals surface area contributed by atoms with Crippen molar-refractivity contribution in [1.82, 2.24) is 15.0 Å². The van der Waals surface area contributed by atoms with E-state index >= 15 is 0 Å². The SMILES string of the molecule is CC(C)CNc1nc(=O)[nH]c(=O)[nH]1. The van der Waals surface area contributed by atoms with Gasteiger partial charge in [0.25, 0.3) is 0 Å². The van der Waals surface area contributed by atoms with Crippen molar-refractivity contribution in [3.05, 3.63) is 21.0 Å². The van der Waals surface area contributed by atoms with E-state index in [-0.39, 0.29) is 5.95 Å². The molecule has 1 heterocycles. The Labute approximate surface area is 74.4 Å². The lowest BCUT2D eigenvalue weighted by molar-refractivity contribution is 0.682. The molecule has 1 rings (SSSR count). The van der Waals surface area contributed by atoms with Gasteiger partial charge >= 0.3 is 11.4 Å². The molecular weight excluding hydrogens is 172 g/mol. The average molecular weight is 184 g/mol. The molecule has 13 heavy (non-hydrogen) atoms. The summed E-state index contributed by atoms with van der Waals surface area (Å²) in [4.78, 5) is 29.4. The molecule has 0 spiro atoms. The van der Waals surface area contributed by atoms with Crippen LogP contribution in [0.4, 0.5) is 5.95 Å². The summed E-state index contributed by atoms with van der Waals surface area (Å²) >= 11 is 0. The van der Waals surface area contributed by atoms with Gasteiger partial charge in [0, 0.05) is 6.54 Å². The third kappa shape index (κ3) is 3.10. The standard InChI is InChI=1S/C7H12N4O2/c1-4(2)3-8-5-9-6(12)11-7(13)10-5/h4H,3H2,1-2H3,(H3,8,9,10,11,12,13). The molecule has 0 amide bonds. The van der Waals surface area contributed by atoms with Crippen LogP contribution in [0, 0.1) is 5.92 Å². The van der Waals surface area contributed by atoms with Gasteiger partial charge in [-0.05, 0) is 5.92 Å². The number of hydrogen-bond acceptors (Lipinski definition) is 4. The van der Waals surface area contributed by atoms with Crippen LogP contribution in [0.3, 0.4) is 0 Å². The molecule has 0 fully saturated rings. The number of nitrogens with one attached hydrogen (secondary N) is 3. The van der Waals surface area contributed by atoms with Crippen molar-refractivity contribution >= 4 is 5.95 Å². The van der Waals surface area contributed by atoms with E-state index in [0.717, 1.165) is 0 Å². The van der Waals surface area contributed by atoms with Gasteiger partial charge in [0.15, 0.2) is 0 Å². The summed E-state index contributed by atoms with van der Waals surface area (Å²) in [7, 11) is 0. The third-order valence-corrected chi connectivity index (χ3v) is 1.34. The van der Waals surface area contributed by atoms with Gasteiger partial charge in [0.2, 0.25) is 5.95 Å². The van der Waals surface area contributed by atoms with Crippen molar-refractivity contribution < 1.29 is 0 Å². The van der Waals surface area contributed by atoms with E-state index in [4.69, 9.17) is 0 Å². The molecule has 0 saturated carbocycles. The first kappa shape index (κ1) is 9.50. The van der Waals surface area contributed by atoms with Crippen molar-refractivity contribution in [2.75, 3.05) is 11.9 Å². The molecule has 1 aromatic rings.